The van der Waals surface area contributed by atoms with Gasteiger partial charge in [-0.15, -0.1) is 11.3 Å². The Morgan fingerprint density at radius 1 is 1.14 bits per heavy atom. The van der Waals surface area contributed by atoms with Gasteiger partial charge in [0.1, 0.15) is 16.7 Å². The van der Waals surface area contributed by atoms with E-state index < -0.39 is 0 Å². The molecule has 4 nitrogen and oxygen atoms in total. The zero-order valence-electron chi connectivity index (χ0n) is 12.1. The molecule has 0 spiro atoms. The molecule has 0 saturated heterocycles. The number of nitrogens with one attached hydrogen (secondary N) is 1. The maximum absolute atomic E-state index is 4.64. The van der Waals surface area contributed by atoms with Crippen molar-refractivity contribution < 1.29 is 0 Å². The predicted molar refractivity (Wildman–Crippen MR) is 89.4 cm³/mol. The highest BCUT2D eigenvalue weighted by Gasteiger charge is 2.11. The quantitative estimate of drug-likeness (QED) is 0.723. The van der Waals surface area contributed by atoms with Gasteiger partial charge >= 0.3 is 0 Å². The van der Waals surface area contributed by atoms with Gasteiger partial charge in [-0.3, -0.25) is 0 Å². The topological polar surface area (TPSA) is 50.7 Å². The highest BCUT2D eigenvalue weighted by Crippen LogP contribution is 2.34. The first-order chi connectivity index (χ1) is 10.2. The number of aromatic nitrogens is 3. The SMILES string of the molecule is CNc1cc(Sc2nc3ccccc3s2)nc(C(C)C)n1. The average molecular weight is 316 g/mol. The molecule has 0 aliphatic heterocycles. The van der Waals surface area contributed by atoms with Gasteiger partial charge in [0.25, 0.3) is 0 Å². The largest absolute Gasteiger partial charge is 0.373 e. The van der Waals surface area contributed by atoms with Crippen molar-refractivity contribution in [1.82, 2.24) is 15.0 Å². The van der Waals surface area contributed by atoms with Gasteiger partial charge in [0.15, 0.2) is 4.34 Å². The standard InChI is InChI=1S/C15H16N4S2/c1-9(2)14-18-12(16-3)8-13(19-14)21-15-17-10-6-4-5-7-11(10)20-15/h4-9H,1-3H3,(H,16,18,19). The summed E-state index contributed by atoms with van der Waals surface area (Å²) in [5.41, 5.74) is 1.04. The molecule has 0 atom stereocenters. The molecule has 2 heterocycles. The Kier molecular flexibility index (Phi) is 4.07. The van der Waals surface area contributed by atoms with E-state index in [0.717, 1.165) is 26.5 Å². The number of nitrogens with zero attached hydrogens (tertiary/aromatic N) is 3. The Hall–Kier alpha value is -1.66. The Bertz CT molecular complexity index is 734. The molecule has 21 heavy (non-hydrogen) atoms. The van der Waals surface area contributed by atoms with Crippen LogP contribution in [-0.2, 0) is 0 Å². The third-order valence-electron chi connectivity index (χ3n) is 2.96. The van der Waals surface area contributed by atoms with Crippen LogP contribution in [0, 0.1) is 0 Å². The lowest BCUT2D eigenvalue weighted by Crippen LogP contribution is -2.02. The van der Waals surface area contributed by atoms with Gasteiger partial charge in [0, 0.05) is 19.0 Å². The fourth-order valence-corrected chi connectivity index (χ4v) is 3.89. The third-order valence-corrected chi connectivity index (χ3v) is 4.97. The van der Waals surface area contributed by atoms with Gasteiger partial charge in [-0.25, -0.2) is 15.0 Å². The van der Waals surface area contributed by atoms with Crippen LogP contribution in [-0.4, -0.2) is 22.0 Å². The predicted octanol–water partition coefficient (Wildman–Crippen LogP) is 4.40. The molecule has 0 aliphatic rings. The van der Waals surface area contributed by atoms with E-state index >= 15 is 0 Å². The second kappa shape index (κ2) is 5.99. The first-order valence-electron chi connectivity index (χ1n) is 6.76. The molecule has 0 amide bonds. The van der Waals surface area contributed by atoms with Crippen molar-refractivity contribution in [1.29, 1.82) is 0 Å². The summed E-state index contributed by atoms with van der Waals surface area (Å²) in [7, 11) is 1.87. The minimum Gasteiger partial charge on any atom is -0.373 e. The fraction of sp³-hybridized carbons (Fsp3) is 0.267. The molecule has 1 aromatic carbocycles. The summed E-state index contributed by atoms with van der Waals surface area (Å²) < 4.78 is 2.21. The highest BCUT2D eigenvalue weighted by atomic mass is 32.2. The van der Waals surface area contributed by atoms with Crippen molar-refractivity contribution in [3.63, 3.8) is 0 Å². The van der Waals surface area contributed by atoms with Gasteiger partial charge in [0.05, 0.1) is 10.2 Å². The van der Waals surface area contributed by atoms with Crippen molar-refractivity contribution in [2.75, 3.05) is 12.4 Å². The Labute approximate surface area is 132 Å². The Morgan fingerprint density at radius 2 is 1.95 bits per heavy atom. The maximum atomic E-state index is 4.64. The summed E-state index contributed by atoms with van der Waals surface area (Å²) in [6, 6.07) is 10.1. The van der Waals surface area contributed by atoms with Crippen LogP contribution in [0.15, 0.2) is 39.7 Å². The minimum absolute atomic E-state index is 0.299. The van der Waals surface area contributed by atoms with E-state index in [1.54, 1.807) is 23.1 Å². The number of hydrogen-bond acceptors (Lipinski definition) is 6. The number of para-hydroxylation sites is 1. The molecule has 3 aromatic rings. The second-order valence-electron chi connectivity index (χ2n) is 4.90. The summed E-state index contributed by atoms with van der Waals surface area (Å²) >= 11 is 3.28. The van der Waals surface area contributed by atoms with Gasteiger partial charge in [-0.05, 0) is 23.9 Å². The number of anilines is 1. The lowest BCUT2D eigenvalue weighted by molar-refractivity contribution is 0.755. The molecule has 108 valence electrons. The number of thiazole rings is 1. The van der Waals surface area contributed by atoms with Gasteiger partial charge < -0.3 is 5.32 Å². The van der Waals surface area contributed by atoms with Crippen molar-refractivity contribution in [3.8, 4) is 0 Å². The summed E-state index contributed by atoms with van der Waals surface area (Å²) in [4.78, 5) is 13.7. The first kappa shape index (κ1) is 14.3. The molecule has 0 radical (unpaired) electrons. The lowest BCUT2D eigenvalue weighted by Gasteiger charge is -2.08. The molecule has 0 saturated carbocycles. The lowest BCUT2D eigenvalue weighted by atomic mass is 10.2. The van der Waals surface area contributed by atoms with Crippen LogP contribution in [0.5, 0.6) is 0 Å². The van der Waals surface area contributed by atoms with E-state index in [2.05, 4.69) is 40.2 Å². The molecule has 0 aliphatic carbocycles. The smallest absolute Gasteiger partial charge is 0.157 e. The fourth-order valence-electron chi connectivity index (χ4n) is 1.87. The molecule has 6 heteroatoms. The zero-order valence-corrected chi connectivity index (χ0v) is 13.8. The van der Waals surface area contributed by atoms with E-state index in [4.69, 9.17) is 0 Å². The van der Waals surface area contributed by atoms with Crippen LogP contribution in [0.2, 0.25) is 0 Å². The summed E-state index contributed by atoms with van der Waals surface area (Å²) in [6.45, 7) is 4.20. The van der Waals surface area contributed by atoms with Crippen LogP contribution in [0.25, 0.3) is 10.2 Å². The van der Waals surface area contributed by atoms with E-state index in [1.165, 1.54) is 4.70 Å². The molecular weight excluding hydrogens is 300 g/mol. The number of hydrogen-bond donors (Lipinski definition) is 1. The molecule has 0 unspecified atom stereocenters. The van der Waals surface area contributed by atoms with Crippen LogP contribution in [0.3, 0.4) is 0 Å². The van der Waals surface area contributed by atoms with E-state index in [9.17, 15) is 0 Å². The van der Waals surface area contributed by atoms with Gasteiger partial charge in [-0.2, -0.15) is 0 Å². The molecule has 1 N–H and O–H groups in total. The average Bonchev–Trinajstić information content (AvgIpc) is 2.88. The summed E-state index contributed by atoms with van der Waals surface area (Å²) in [5.74, 6) is 2.00. The van der Waals surface area contributed by atoms with Crippen LogP contribution in [0.1, 0.15) is 25.6 Å². The van der Waals surface area contributed by atoms with Crippen molar-refractivity contribution in [3.05, 3.63) is 36.2 Å². The van der Waals surface area contributed by atoms with E-state index in [-0.39, 0.29) is 0 Å². The van der Waals surface area contributed by atoms with Crippen molar-refractivity contribution >= 4 is 39.1 Å². The summed E-state index contributed by atoms with van der Waals surface area (Å²) in [6.07, 6.45) is 0. The molecule has 3 rings (SSSR count). The number of rotatable bonds is 4. The van der Waals surface area contributed by atoms with Gasteiger partial charge in [0.2, 0.25) is 0 Å². The van der Waals surface area contributed by atoms with Crippen LogP contribution in [0.4, 0.5) is 5.82 Å². The molecular formula is C15H16N4S2. The Morgan fingerprint density at radius 3 is 2.67 bits per heavy atom. The first-order valence-corrected chi connectivity index (χ1v) is 8.39. The minimum atomic E-state index is 0.299. The molecule has 0 bridgehead atoms. The zero-order chi connectivity index (χ0) is 14.8. The normalized spacial score (nSPS) is 11.2. The summed E-state index contributed by atoms with van der Waals surface area (Å²) in [5, 5.41) is 4.02. The second-order valence-corrected chi connectivity index (χ2v) is 7.20. The highest BCUT2D eigenvalue weighted by molar-refractivity contribution is 8.01. The van der Waals surface area contributed by atoms with E-state index in [0.29, 0.717) is 5.92 Å². The molecule has 2 aromatic heterocycles. The van der Waals surface area contributed by atoms with E-state index in [1.807, 2.05) is 31.3 Å². The van der Waals surface area contributed by atoms with Crippen LogP contribution >= 0.6 is 23.1 Å². The van der Waals surface area contributed by atoms with Crippen molar-refractivity contribution in [2.45, 2.75) is 29.1 Å². The number of benzene rings is 1. The third kappa shape index (κ3) is 3.16. The molecule has 0 fully saturated rings. The maximum Gasteiger partial charge on any atom is 0.157 e. The number of fused-ring (bicyclic) bond motifs is 1. The monoisotopic (exact) mass is 316 g/mol. The van der Waals surface area contributed by atoms with Crippen LogP contribution < -0.4 is 5.32 Å². The Balaban J connectivity index is 1.94. The van der Waals surface area contributed by atoms with Crippen molar-refractivity contribution in [2.24, 2.45) is 0 Å². The van der Waals surface area contributed by atoms with Gasteiger partial charge in [-0.1, -0.05) is 26.0 Å².